The van der Waals surface area contributed by atoms with Gasteiger partial charge in [-0.15, -0.1) is 0 Å². The van der Waals surface area contributed by atoms with E-state index in [1.54, 1.807) is 0 Å². The third-order valence-electron chi connectivity index (χ3n) is 3.75. The van der Waals surface area contributed by atoms with Gasteiger partial charge in [0.05, 0.1) is 6.26 Å². The fourth-order valence-electron chi connectivity index (χ4n) is 2.39. The molecule has 0 unspecified atom stereocenters. The summed E-state index contributed by atoms with van der Waals surface area (Å²) in [5.41, 5.74) is 0. The van der Waals surface area contributed by atoms with E-state index in [4.69, 9.17) is 0 Å². The maximum atomic E-state index is 10.8. The van der Waals surface area contributed by atoms with Crippen LogP contribution in [0.1, 0.15) is 39.5 Å². The SMILES string of the molecule is C[C@@H]1CC[C@@H](NCCCNS(C)(=O)=O)C[C@@H]1C. The zero-order valence-corrected chi connectivity index (χ0v) is 12.0. The van der Waals surface area contributed by atoms with E-state index < -0.39 is 10.0 Å². The summed E-state index contributed by atoms with van der Waals surface area (Å²) >= 11 is 0. The summed E-state index contributed by atoms with van der Waals surface area (Å²) in [5, 5.41) is 3.52. The topological polar surface area (TPSA) is 58.2 Å². The number of hydrogen-bond acceptors (Lipinski definition) is 3. The van der Waals surface area contributed by atoms with Gasteiger partial charge in [0.15, 0.2) is 0 Å². The van der Waals surface area contributed by atoms with Gasteiger partial charge < -0.3 is 5.32 Å². The van der Waals surface area contributed by atoms with Crippen LogP contribution in [0.5, 0.6) is 0 Å². The molecule has 1 rings (SSSR count). The average Bonchev–Trinajstić information content (AvgIpc) is 2.21. The van der Waals surface area contributed by atoms with Crippen molar-refractivity contribution in [1.29, 1.82) is 0 Å². The van der Waals surface area contributed by atoms with Crippen LogP contribution in [0.2, 0.25) is 0 Å². The summed E-state index contributed by atoms with van der Waals surface area (Å²) in [6, 6.07) is 0.624. The standard InChI is InChI=1S/C12H26N2O2S/c1-10-5-6-12(9-11(10)2)13-7-4-8-14-17(3,15)16/h10-14H,4-9H2,1-3H3/t10-,11+,12-/m1/s1. The van der Waals surface area contributed by atoms with Crippen LogP contribution in [-0.4, -0.2) is 33.8 Å². The smallest absolute Gasteiger partial charge is 0.208 e. The van der Waals surface area contributed by atoms with E-state index in [0.717, 1.165) is 24.8 Å². The minimum absolute atomic E-state index is 0.532. The van der Waals surface area contributed by atoms with Gasteiger partial charge in [-0.25, -0.2) is 13.1 Å². The Labute approximate surface area is 106 Å². The quantitative estimate of drug-likeness (QED) is 0.710. The van der Waals surface area contributed by atoms with Crippen molar-refractivity contribution in [3.8, 4) is 0 Å². The summed E-state index contributed by atoms with van der Waals surface area (Å²) < 4.78 is 24.2. The van der Waals surface area contributed by atoms with Crippen molar-refractivity contribution < 1.29 is 8.42 Å². The third kappa shape index (κ3) is 6.38. The van der Waals surface area contributed by atoms with Gasteiger partial charge in [0.25, 0.3) is 0 Å². The third-order valence-corrected chi connectivity index (χ3v) is 4.48. The maximum absolute atomic E-state index is 10.8. The fourth-order valence-corrected chi connectivity index (χ4v) is 2.90. The van der Waals surface area contributed by atoms with Gasteiger partial charge in [-0.2, -0.15) is 0 Å². The van der Waals surface area contributed by atoms with Crippen LogP contribution in [0.3, 0.4) is 0 Å². The van der Waals surface area contributed by atoms with Crippen molar-refractivity contribution in [3.05, 3.63) is 0 Å². The van der Waals surface area contributed by atoms with Crippen LogP contribution in [0.4, 0.5) is 0 Å². The molecule has 0 amide bonds. The second-order valence-corrected chi connectivity index (χ2v) is 7.27. The minimum atomic E-state index is -3.02. The fraction of sp³-hybridized carbons (Fsp3) is 1.00. The molecule has 0 aromatic heterocycles. The summed E-state index contributed by atoms with van der Waals surface area (Å²) in [5.74, 6) is 1.65. The molecule has 17 heavy (non-hydrogen) atoms. The van der Waals surface area contributed by atoms with E-state index in [0.29, 0.717) is 12.6 Å². The lowest BCUT2D eigenvalue weighted by Gasteiger charge is -2.32. The Kier molecular flexibility index (Phi) is 5.89. The lowest BCUT2D eigenvalue weighted by Crippen LogP contribution is -2.37. The molecule has 0 aromatic rings. The second kappa shape index (κ2) is 6.71. The highest BCUT2D eigenvalue weighted by atomic mass is 32.2. The van der Waals surface area contributed by atoms with Gasteiger partial charge in [0, 0.05) is 12.6 Å². The second-order valence-electron chi connectivity index (χ2n) is 5.44. The molecule has 102 valence electrons. The Morgan fingerprint density at radius 2 is 1.82 bits per heavy atom. The molecule has 1 fully saturated rings. The summed E-state index contributed by atoms with van der Waals surface area (Å²) in [6.07, 6.45) is 5.87. The van der Waals surface area contributed by atoms with Crippen LogP contribution in [-0.2, 0) is 10.0 Å². The highest BCUT2D eigenvalue weighted by molar-refractivity contribution is 7.88. The zero-order chi connectivity index (χ0) is 12.9. The summed E-state index contributed by atoms with van der Waals surface area (Å²) in [7, 11) is -3.02. The Morgan fingerprint density at radius 3 is 2.41 bits per heavy atom. The van der Waals surface area contributed by atoms with Gasteiger partial charge in [-0.1, -0.05) is 13.8 Å². The molecule has 0 bridgehead atoms. The lowest BCUT2D eigenvalue weighted by atomic mass is 9.79. The zero-order valence-electron chi connectivity index (χ0n) is 11.2. The van der Waals surface area contributed by atoms with Crippen molar-refractivity contribution in [1.82, 2.24) is 10.0 Å². The monoisotopic (exact) mass is 262 g/mol. The minimum Gasteiger partial charge on any atom is -0.314 e. The molecule has 2 N–H and O–H groups in total. The molecule has 0 aromatic carbocycles. The lowest BCUT2D eigenvalue weighted by molar-refractivity contribution is 0.226. The first-order valence-electron chi connectivity index (χ1n) is 6.56. The van der Waals surface area contributed by atoms with Crippen molar-refractivity contribution in [2.75, 3.05) is 19.3 Å². The normalized spacial score (nSPS) is 30.4. The first-order chi connectivity index (χ1) is 7.88. The Bertz CT molecular complexity index is 316. The van der Waals surface area contributed by atoms with Crippen LogP contribution >= 0.6 is 0 Å². The van der Waals surface area contributed by atoms with Crippen molar-refractivity contribution in [2.45, 2.75) is 45.6 Å². The molecule has 1 saturated carbocycles. The van der Waals surface area contributed by atoms with E-state index in [2.05, 4.69) is 23.9 Å². The van der Waals surface area contributed by atoms with E-state index >= 15 is 0 Å². The number of nitrogens with one attached hydrogen (secondary N) is 2. The van der Waals surface area contributed by atoms with Gasteiger partial charge in [-0.3, -0.25) is 0 Å². The van der Waals surface area contributed by atoms with Gasteiger partial charge in [0.2, 0.25) is 10.0 Å². The molecule has 0 spiro atoms. The van der Waals surface area contributed by atoms with E-state index in [1.165, 1.54) is 25.5 Å². The van der Waals surface area contributed by atoms with Crippen LogP contribution in [0.15, 0.2) is 0 Å². The molecule has 0 heterocycles. The van der Waals surface area contributed by atoms with E-state index in [-0.39, 0.29) is 0 Å². The highest BCUT2D eigenvalue weighted by Gasteiger charge is 2.23. The predicted molar refractivity (Wildman–Crippen MR) is 71.4 cm³/mol. The van der Waals surface area contributed by atoms with Crippen molar-refractivity contribution >= 4 is 10.0 Å². The number of hydrogen-bond donors (Lipinski definition) is 2. The van der Waals surface area contributed by atoms with E-state index in [9.17, 15) is 8.42 Å². The number of rotatable bonds is 6. The molecular weight excluding hydrogens is 236 g/mol. The van der Waals surface area contributed by atoms with Crippen molar-refractivity contribution in [2.24, 2.45) is 11.8 Å². The van der Waals surface area contributed by atoms with Crippen LogP contribution in [0.25, 0.3) is 0 Å². The Morgan fingerprint density at radius 1 is 1.12 bits per heavy atom. The van der Waals surface area contributed by atoms with Crippen LogP contribution in [0, 0.1) is 11.8 Å². The predicted octanol–water partition coefficient (Wildman–Crippen LogP) is 1.34. The molecule has 1 aliphatic rings. The average molecular weight is 262 g/mol. The molecule has 0 radical (unpaired) electrons. The molecule has 0 aliphatic heterocycles. The Balaban J connectivity index is 2.07. The molecule has 5 heteroatoms. The molecule has 1 aliphatic carbocycles. The number of sulfonamides is 1. The summed E-state index contributed by atoms with van der Waals surface area (Å²) in [6.45, 7) is 6.08. The van der Waals surface area contributed by atoms with Gasteiger partial charge >= 0.3 is 0 Å². The largest absolute Gasteiger partial charge is 0.314 e. The molecule has 4 nitrogen and oxygen atoms in total. The summed E-state index contributed by atoms with van der Waals surface area (Å²) in [4.78, 5) is 0. The molecular formula is C12H26N2O2S. The highest BCUT2D eigenvalue weighted by Crippen LogP contribution is 2.29. The van der Waals surface area contributed by atoms with Crippen LogP contribution < -0.4 is 10.0 Å². The van der Waals surface area contributed by atoms with Gasteiger partial charge in [-0.05, 0) is 44.1 Å². The molecule has 3 atom stereocenters. The first-order valence-corrected chi connectivity index (χ1v) is 8.45. The van der Waals surface area contributed by atoms with E-state index in [1.807, 2.05) is 0 Å². The Hall–Kier alpha value is -0.130. The van der Waals surface area contributed by atoms with Crippen molar-refractivity contribution in [3.63, 3.8) is 0 Å². The van der Waals surface area contributed by atoms with Gasteiger partial charge in [0.1, 0.15) is 0 Å². The maximum Gasteiger partial charge on any atom is 0.208 e. The molecule has 0 saturated heterocycles. The first kappa shape index (κ1) is 14.9.